The summed E-state index contributed by atoms with van der Waals surface area (Å²) in [7, 11) is 0. The van der Waals surface area contributed by atoms with Gasteiger partial charge in [-0.15, -0.1) is 93.9 Å². The summed E-state index contributed by atoms with van der Waals surface area (Å²) in [5, 5.41) is 5.62. The first-order valence-electron chi connectivity index (χ1n) is 17.3. The van der Waals surface area contributed by atoms with Gasteiger partial charge in [0.2, 0.25) is 0 Å². The van der Waals surface area contributed by atoms with E-state index in [1.165, 1.54) is 154 Å². The third-order valence-electron chi connectivity index (χ3n) is 10.3. The van der Waals surface area contributed by atoms with E-state index in [4.69, 9.17) is 0 Å². The third-order valence-corrected chi connectivity index (χ3v) is 10.3. The van der Waals surface area contributed by atoms with Gasteiger partial charge in [0.25, 0.3) is 0 Å². The van der Waals surface area contributed by atoms with Gasteiger partial charge in [-0.25, -0.2) is 0 Å². The molecule has 2 fully saturated rings. The van der Waals surface area contributed by atoms with Crippen LogP contribution in [0.1, 0.15) is 73.6 Å². The van der Waals surface area contributed by atoms with Crippen molar-refractivity contribution in [2.75, 3.05) is 0 Å². The minimum atomic E-state index is 0. The first kappa shape index (κ1) is 43.9. The zero-order valence-electron chi connectivity index (χ0n) is 30.4. The molecule has 0 N–H and O–H groups in total. The number of halogens is 2. The van der Waals surface area contributed by atoms with Gasteiger partial charge in [0.05, 0.1) is 0 Å². The molecule has 2 aliphatic carbocycles. The van der Waals surface area contributed by atoms with Crippen molar-refractivity contribution in [3.05, 3.63) is 146 Å². The van der Waals surface area contributed by atoms with Gasteiger partial charge in [0.1, 0.15) is 0 Å². The molecule has 0 spiro atoms. The molecule has 264 valence electrons. The maximum atomic E-state index is 3.06. The summed E-state index contributed by atoms with van der Waals surface area (Å²) in [6, 6.07) is 40.9. The van der Waals surface area contributed by atoms with Gasteiger partial charge in [0.15, 0.2) is 0 Å². The summed E-state index contributed by atoms with van der Waals surface area (Å²) in [6.07, 6.45) is 13.9. The van der Waals surface area contributed by atoms with Gasteiger partial charge < -0.3 is 14.9 Å². The van der Waals surface area contributed by atoms with E-state index in [1.807, 2.05) is 0 Å². The number of aryl methyl sites for hydroxylation is 2. The first-order chi connectivity index (χ1) is 22.6. The summed E-state index contributed by atoms with van der Waals surface area (Å²) >= 11 is 1.36. The van der Waals surface area contributed by atoms with Gasteiger partial charge in [-0.2, -0.15) is 12.1 Å². The molecule has 0 heterocycles. The molecule has 4 heteroatoms. The van der Waals surface area contributed by atoms with Gasteiger partial charge >= 0.3 is 30.2 Å². The molecule has 8 rings (SSSR count). The number of hydrogen-bond acceptors (Lipinski definition) is 0. The van der Waals surface area contributed by atoms with Crippen LogP contribution in [0.15, 0.2) is 109 Å². The average molecular weight is 797 g/mol. The predicted molar refractivity (Wildman–Crippen MR) is 224 cm³/mol. The van der Waals surface area contributed by atoms with Crippen LogP contribution in [-0.4, -0.2) is 6.88 Å². The van der Waals surface area contributed by atoms with Crippen LogP contribution in [0, 0.1) is 40.5 Å². The molecule has 2 aliphatic rings. The Hall–Kier alpha value is -2.22. The molecule has 0 aromatic heterocycles. The fraction of sp³-hybridized carbons (Fsp3) is 0.304. The molecule has 50 heavy (non-hydrogen) atoms. The van der Waals surface area contributed by atoms with Crippen molar-refractivity contribution in [3.63, 3.8) is 0 Å². The average Bonchev–Trinajstić information content (AvgIpc) is 3.91. The maximum absolute atomic E-state index is 3.06. The Morgan fingerprint density at radius 2 is 0.880 bits per heavy atom. The third kappa shape index (κ3) is 10.9. The van der Waals surface area contributed by atoms with Gasteiger partial charge in [-0.3, -0.25) is 0 Å². The van der Waals surface area contributed by atoms with E-state index in [0.29, 0.717) is 0 Å². The molecule has 6 aromatic carbocycles. The van der Waals surface area contributed by atoms with Crippen LogP contribution >= 0.6 is 24.8 Å². The van der Waals surface area contributed by atoms with Crippen LogP contribution in [-0.2, 0) is 36.2 Å². The Balaban J connectivity index is 0.000000307. The van der Waals surface area contributed by atoms with E-state index < -0.39 is 0 Å². The van der Waals surface area contributed by atoms with E-state index in [2.05, 4.69) is 130 Å². The molecule has 2 saturated carbocycles. The molecule has 0 saturated heterocycles. The van der Waals surface area contributed by atoms with Crippen LogP contribution in [0.4, 0.5) is 0 Å². The Morgan fingerprint density at radius 1 is 0.540 bits per heavy atom. The first-order valence-corrected chi connectivity index (χ1v) is 21.5. The Bertz CT molecular complexity index is 1720. The zero-order chi connectivity index (χ0) is 31.9. The second-order valence-corrected chi connectivity index (χ2v) is 13.8. The van der Waals surface area contributed by atoms with Crippen LogP contribution < -0.4 is 0 Å². The summed E-state index contributed by atoms with van der Waals surface area (Å²) in [5.74, 6) is 1.83. The van der Waals surface area contributed by atoms with Gasteiger partial charge in [0, 0.05) is 0 Å². The van der Waals surface area contributed by atoms with Gasteiger partial charge in [-0.05, 0) is 49.7 Å². The minimum absolute atomic E-state index is 0. The topological polar surface area (TPSA) is 0 Å². The molecule has 0 nitrogen and oxygen atoms in total. The van der Waals surface area contributed by atoms with E-state index >= 15 is 0 Å². The molecule has 0 unspecified atom stereocenters. The zero-order valence-corrected chi connectivity index (χ0v) is 35.5. The number of benzene rings is 4. The van der Waals surface area contributed by atoms with E-state index in [-0.39, 0.29) is 39.7 Å². The monoisotopic (exact) mass is 794 g/mol. The summed E-state index contributed by atoms with van der Waals surface area (Å²) in [6.45, 7) is 7.35. The van der Waals surface area contributed by atoms with Crippen molar-refractivity contribution in [1.82, 2.24) is 0 Å². The number of fused-ring (bicyclic) bond motifs is 2. The second kappa shape index (κ2) is 21.3. The van der Waals surface area contributed by atoms with Gasteiger partial charge in [-0.1, -0.05) is 134 Å². The quantitative estimate of drug-likeness (QED) is 0.116. The SMILES string of the molecule is Cc1ccc(-c2cccc3[cH-]c(CC4CCCC4)cc23)cc1.Cc1ccc(-c2cccc3[cH-]c(CC4CCCC4)cc23)cc1.Cl.Cl.[CH3-].[CH3-].[Si]=[Zr]. The summed E-state index contributed by atoms with van der Waals surface area (Å²) < 4.78 is 0. The summed E-state index contributed by atoms with van der Waals surface area (Å²) in [5.41, 5.74) is 11.1. The fourth-order valence-electron chi connectivity index (χ4n) is 7.89. The van der Waals surface area contributed by atoms with Crippen molar-refractivity contribution in [1.29, 1.82) is 0 Å². The van der Waals surface area contributed by atoms with E-state index in [0.717, 1.165) is 11.8 Å². The molecular formula is C46H54Cl2SiZr-4. The van der Waals surface area contributed by atoms with Crippen molar-refractivity contribution in [2.45, 2.75) is 78.1 Å². The number of hydrogen-bond donors (Lipinski definition) is 0. The Labute approximate surface area is 332 Å². The van der Waals surface area contributed by atoms with Crippen LogP contribution in [0.25, 0.3) is 43.8 Å². The molecule has 6 aromatic rings. The fourth-order valence-corrected chi connectivity index (χ4v) is 7.89. The Kier molecular flexibility index (Phi) is 18.8. The van der Waals surface area contributed by atoms with Crippen LogP contribution in [0.2, 0.25) is 0 Å². The molecule has 2 radical (unpaired) electrons. The predicted octanol–water partition coefficient (Wildman–Crippen LogP) is 13.9. The summed E-state index contributed by atoms with van der Waals surface area (Å²) in [4.78, 5) is 0. The van der Waals surface area contributed by atoms with Crippen molar-refractivity contribution < 1.29 is 23.3 Å². The van der Waals surface area contributed by atoms with Crippen LogP contribution in [0.3, 0.4) is 0 Å². The normalized spacial score (nSPS) is 13.9. The molecule has 0 bridgehead atoms. The second-order valence-electron chi connectivity index (χ2n) is 13.8. The molecule has 0 atom stereocenters. The van der Waals surface area contributed by atoms with Crippen molar-refractivity contribution >= 4 is 53.2 Å². The van der Waals surface area contributed by atoms with Crippen molar-refractivity contribution in [3.8, 4) is 22.3 Å². The Morgan fingerprint density at radius 3 is 1.22 bits per heavy atom. The molecule has 0 aliphatic heterocycles. The standard InChI is InChI=1S/2C22H23.2CH3.2ClH.Si.Zr/c2*1-16-9-11-19(12-10-16)21-8-4-7-20-14-18(15-22(20)21)13-17-5-2-3-6-17;;;;;;/h2*4,7-12,14-15,17H,2-3,5-6,13H2,1H3;2*1H3;2*1H;;/q4*-1;;;;. The van der Waals surface area contributed by atoms with Crippen molar-refractivity contribution in [2.24, 2.45) is 11.8 Å². The van der Waals surface area contributed by atoms with E-state index in [9.17, 15) is 0 Å². The number of rotatable bonds is 6. The van der Waals surface area contributed by atoms with Crippen LogP contribution in [0.5, 0.6) is 0 Å². The molecular weight excluding hydrogens is 743 g/mol. The molecule has 0 amide bonds. The van der Waals surface area contributed by atoms with E-state index in [1.54, 1.807) is 0 Å².